The van der Waals surface area contributed by atoms with Gasteiger partial charge in [0.2, 0.25) is 0 Å². The molecule has 0 aliphatic heterocycles. The van der Waals surface area contributed by atoms with Crippen LogP contribution < -0.4 is 0 Å². The molecule has 0 fully saturated rings. The molecule has 0 heterocycles. The van der Waals surface area contributed by atoms with Crippen LogP contribution in [0.4, 0.5) is 0 Å². The molecule has 0 saturated heterocycles. The van der Waals surface area contributed by atoms with E-state index in [1.165, 1.54) is 0 Å². The number of aliphatic hydroxyl groups is 1. The molecule has 0 spiro atoms. The van der Waals surface area contributed by atoms with Crippen LogP contribution in [-0.4, -0.2) is 16.8 Å². The normalized spacial score (nSPS) is 15.9. The topological polar surface area (TPSA) is 29.5 Å². The van der Waals surface area contributed by atoms with Crippen molar-refractivity contribution in [2.75, 3.05) is 0 Å². The van der Waals surface area contributed by atoms with Crippen LogP contribution in [0, 0.1) is 0 Å². The van der Waals surface area contributed by atoms with Gasteiger partial charge >= 0.3 is 0 Å². The molecule has 100 valence electrons. The first-order valence-corrected chi connectivity index (χ1v) is 6.61. The molecule has 0 bridgehead atoms. The summed E-state index contributed by atoms with van der Waals surface area (Å²) in [5, 5.41) is 10.0. The van der Waals surface area contributed by atoms with Gasteiger partial charge in [0, 0.05) is 0 Å². The Morgan fingerprint density at radius 3 is 2.56 bits per heavy atom. The zero-order valence-corrected chi connectivity index (χ0v) is 11.4. The number of hydrogen-bond acceptors (Lipinski definition) is 2. The molecule has 2 heteroatoms. The Hall–Kier alpha value is -1.12. The third-order valence-electron chi connectivity index (χ3n) is 3.50. The van der Waals surface area contributed by atoms with Crippen molar-refractivity contribution in [3.63, 3.8) is 0 Å². The fourth-order valence-electron chi connectivity index (χ4n) is 2.12. The summed E-state index contributed by atoms with van der Waals surface area (Å²) in [6.07, 6.45) is 3.85. The molecule has 18 heavy (non-hydrogen) atoms. The van der Waals surface area contributed by atoms with Crippen LogP contribution >= 0.6 is 0 Å². The average Bonchev–Trinajstić information content (AvgIpc) is 2.40. The lowest BCUT2D eigenvalue weighted by molar-refractivity contribution is -0.132. The SMILES string of the molecule is C=CCC[C@@](CC)(OCc1ccccc1)[C@H](C)O. The van der Waals surface area contributed by atoms with Crippen LogP contribution in [0.2, 0.25) is 0 Å². The highest BCUT2D eigenvalue weighted by molar-refractivity contribution is 5.13. The third-order valence-corrected chi connectivity index (χ3v) is 3.50. The third kappa shape index (κ3) is 3.97. The van der Waals surface area contributed by atoms with E-state index in [-0.39, 0.29) is 0 Å². The smallest absolute Gasteiger partial charge is 0.0942 e. The second-order valence-electron chi connectivity index (χ2n) is 4.70. The van der Waals surface area contributed by atoms with Crippen molar-refractivity contribution in [1.29, 1.82) is 0 Å². The molecule has 0 aliphatic carbocycles. The first-order chi connectivity index (χ1) is 8.64. The number of rotatable bonds is 8. The van der Waals surface area contributed by atoms with Crippen molar-refractivity contribution >= 4 is 0 Å². The Balaban J connectivity index is 2.68. The number of hydrogen-bond donors (Lipinski definition) is 1. The lowest BCUT2D eigenvalue weighted by atomic mass is 9.89. The first-order valence-electron chi connectivity index (χ1n) is 6.61. The predicted molar refractivity (Wildman–Crippen MR) is 75.4 cm³/mol. The van der Waals surface area contributed by atoms with E-state index in [0.717, 1.165) is 24.8 Å². The van der Waals surface area contributed by atoms with Crippen molar-refractivity contribution < 1.29 is 9.84 Å². The van der Waals surface area contributed by atoms with Crippen LogP contribution in [-0.2, 0) is 11.3 Å². The fourth-order valence-corrected chi connectivity index (χ4v) is 2.12. The predicted octanol–water partition coefficient (Wildman–Crippen LogP) is 3.70. The van der Waals surface area contributed by atoms with Gasteiger partial charge in [-0.1, -0.05) is 43.3 Å². The van der Waals surface area contributed by atoms with E-state index in [2.05, 4.69) is 13.5 Å². The molecule has 1 aromatic carbocycles. The quantitative estimate of drug-likeness (QED) is 0.711. The Morgan fingerprint density at radius 1 is 1.39 bits per heavy atom. The largest absolute Gasteiger partial charge is 0.390 e. The summed E-state index contributed by atoms with van der Waals surface area (Å²) in [6.45, 7) is 8.14. The summed E-state index contributed by atoms with van der Waals surface area (Å²) in [4.78, 5) is 0. The molecule has 0 saturated carbocycles. The second kappa shape index (κ2) is 7.34. The van der Waals surface area contributed by atoms with E-state index in [9.17, 15) is 5.11 Å². The minimum Gasteiger partial charge on any atom is -0.390 e. The van der Waals surface area contributed by atoms with E-state index in [4.69, 9.17) is 4.74 Å². The summed E-state index contributed by atoms with van der Waals surface area (Å²) in [7, 11) is 0. The Bertz CT molecular complexity index is 345. The van der Waals surface area contributed by atoms with E-state index < -0.39 is 11.7 Å². The van der Waals surface area contributed by atoms with Gasteiger partial charge in [-0.3, -0.25) is 0 Å². The summed E-state index contributed by atoms with van der Waals surface area (Å²) in [5.41, 5.74) is 0.666. The molecule has 0 radical (unpaired) electrons. The lowest BCUT2D eigenvalue weighted by Crippen LogP contribution is -2.42. The molecule has 1 N–H and O–H groups in total. The number of benzene rings is 1. The summed E-state index contributed by atoms with van der Waals surface area (Å²) >= 11 is 0. The number of ether oxygens (including phenoxy) is 1. The van der Waals surface area contributed by atoms with Crippen LogP contribution in [0.3, 0.4) is 0 Å². The highest BCUT2D eigenvalue weighted by Crippen LogP contribution is 2.28. The van der Waals surface area contributed by atoms with E-state index >= 15 is 0 Å². The highest BCUT2D eigenvalue weighted by atomic mass is 16.5. The van der Waals surface area contributed by atoms with Gasteiger partial charge in [-0.2, -0.15) is 0 Å². The molecule has 0 aliphatic rings. The summed E-state index contributed by atoms with van der Waals surface area (Å²) < 4.78 is 6.03. The monoisotopic (exact) mass is 248 g/mol. The zero-order valence-electron chi connectivity index (χ0n) is 11.4. The lowest BCUT2D eigenvalue weighted by Gasteiger charge is -2.35. The van der Waals surface area contributed by atoms with Crippen LogP contribution in [0.25, 0.3) is 0 Å². The van der Waals surface area contributed by atoms with E-state index in [0.29, 0.717) is 6.61 Å². The summed E-state index contributed by atoms with van der Waals surface area (Å²) in [5.74, 6) is 0. The summed E-state index contributed by atoms with van der Waals surface area (Å²) in [6, 6.07) is 10.1. The maximum Gasteiger partial charge on any atom is 0.0942 e. The van der Waals surface area contributed by atoms with Crippen LogP contribution in [0.15, 0.2) is 43.0 Å². The van der Waals surface area contributed by atoms with Gasteiger partial charge in [0.15, 0.2) is 0 Å². The number of allylic oxidation sites excluding steroid dienone is 1. The molecule has 1 aromatic rings. The maximum absolute atomic E-state index is 10.0. The Kier molecular flexibility index (Phi) is 6.10. The number of aliphatic hydroxyl groups excluding tert-OH is 1. The van der Waals surface area contributed by atoms with Crippen LogP contribution in [0.5, 0.6) is 0 Å². The minimum absolute atomic E-state index is 0.468. The zero-order chi connectivity index (χ0) is 13.4. The molecule has 2 atom stereocenters. The highest BCUT2D eigenvalue weighted by Gasteiger charge is 2.33. The average molecular weight is 248 g/mol. The van der Waals surface area contributed by atoms with Crippen molar-refractivity contribution in [3.05, 3.63) is 48.6 Å². The van der Waals surface area contributed by atoms with Gasteiger partial charge in [0.05, 0.1) is 18.3 Å². The molecule has 0 aromatic heterocycles. The van der Waals surface area contributed by atoms with E-state index in [1.54, 1.807) is 6.92 Å². The first kappa shape index (κ1) is 14.9. The Morgan fingerprint density at radius 2 is 2.06 bits per heavy atom. The maximum atomic E-state index is 10.0. The molecule has 1 rings (SSSR count). The van der Waals surface area contributed by atoms with Gasteiger partial charge in [-0.05, 0) is 31.7 Å². The van der Waals surface area contributed by atoms with Gasteiger partial charge in [0.1, 0.15) is 0 Å². The van der Waals surface area contributed by atoms with Crippen LogP contribution in [0.1, 0.15) is 38.7 Å². The fraction of sp³-hybridized carbons (Fsp3) is 0.500. The molecular weight excluding hydrogens is 224 g/mol. The van der Waals surface area contributed by atoms with Gasteiger partial charge in [-0.25, -0.2) is 0 Å². The van der Waals surface area contributed by atoms with Crippen molar-refractivity contribution in [1.82, 2.24) is 0 Å². The van der Waals surface area contributed by atoms with Crippen molar-refractivity contribution in [2.45, 2.75) is 51.4 Å². The van der Waals surface area contributed by atoms with Crippen molar-refractivity contribution in [2.24, 2.45) is 0 Å². The molecule has 0 unspecified atom stereocenters. The van der Waals surface area contributed by atoms with Crippen molar-refractivity contribution in [3.8, 4) is 0 Å². The molecular formula is C16H24O2. The van der Waals surface area contributed by atoms with Gasteiger partial charge in [-0.15, -0.1) is 6.58 Å². The van der Waals surface area contributed by atoms with Gasteiger partial charge in [0.25, 0.3) is 0 Å². The molecule has 2 nitrogen and oxygen atoms in total. The molecule has 0 amide bonds. The minimum atomic E-state index is -0.480. The second-order valence-corrected chi connectivity index (χ2v) is 4.70. The van der Waals surface area contributed by atoms with E-state index in [1.807, 2.05) is 36.4 Å². The Labute approximate surface area is 110 Å². The van der Waals surface area contributed by atoms with Gasteiger partial charge < -0.3 is 9.84 Å². The standard InChI is InChI=1S/C16H24O2/c1-4-6-12-16(5-2,14(3)17)18-13-15-10-8-7-9-11-15/h4,7-11,14,17H,1,5-6,12-13H2,2-3H3/t14-,16+/m0/s1.